The number of carboxylic acid groups (broad SMARTS) is 1. The highest BCUT2D eigenvalue weighted by Crippen LogP contribution is 2.21. The minimum absolute atomic E-state index is 0.0984. The third-order valence-electron chi connectivity index (χ3n) is 2.25. The van der Waals surface area contributed by atoms with Gasteiger partial charge in [0.25, 0.3) is 0 Å². The molecule has 0 atom stereocenters. The zero-order valence-corrected chi connectivity index (χ0v) is 9.87. The molecular formula is C10H9BrN2O2. The van der Waals surface area contributed by atoms with Gasteiger partial charge in [0, 0.05) is 6.20 Å². The SMILES string of the molecule is Cc1cc(Br)c2nc(C(=O)O)c(C)n2c1. The largest absolute Gasteiger partial charge is 0.476 e. The van der Waals surface area contributed by atoms with Gasteiger partial charge >= 0.3 is 5.97 Å². The van der Waals surface area contributed by atoms with Crippen LogP contribution in [0, 0.1) is 13.8 Å². The number of aryl methyl sites for hydroxylation is 2. The van der Waals surface area contributed by atoms with Crippen LogP contribution < -0.4 is 0 Å². The number of carbonyl (C=O) groups is 1. The molecule has 78 valence electrons. The van der Waals surface area contributed by atoms with Gasteiger partial charge in [0.2, 0.25) is 0 Å². The summed E-state index contributed by atoms with van der Waals surface area (Å²) >= 11 is 3.37. The maximum absolute atomic E-state index is 10.9. The van der Waals surface area contributed by atoms with Crippen molar-refractivity contribution in [2.24, 2.45) is 0 Å². The van der Waals surface area contributed by atoms with Crippen LogP contribution in [0.25, 0.3) is 5.65 Å². The Morgan fingerprint density at radius 2 is 2.20 bits per heavy atom. The van der Waals surface area contributed by atoms with Crippen molar-refractivity contribution in [2.75, 3.05) is 0 Å². The molecule has 5 heteroatoms. The molecule has 0 bridgehead atoms. The molecule has 0 spiro atoms. The number of imidazole rings is 1. The highest BCUT2D eigenvalue weighted by Gasteiger charge is 2.16. The van der Waals surface area contributed by atoms with Gasteiger partial charge in [0.1, 0.15) is 0 Å². The van der Waals surface area contributed by atoms with E-state index in [1.807, 2.05) is 19.2 Å². The molecule has 0 unspecified atom stereocenters. The van der Waals surface area contributed by atoms with Crippen LogP contribution in [0.15, 0.2) is 16.7 Å². The Labute approximate surface area is 94.7 Å². The Morgan fingerprint density at radius 1 is 1.53 bits per heavy atom. The van der Waals surface area contributed by atoms with E-state index in [2.05, 4.69) is 20.9 Å². The first kappa shape index (κ1) is 10.2. The van der Waals surface area contributed by atoms with Crippen molar-refractivity contribution < 1.29 is 9.90 Å². The number of rotatable bonds is 1. The Kier molecular flexibility index (Phi) is 2.26. The summed E-state index contributed by atoms with van der Waals surface area (Å²) in [6.45, 7) is 3.69. The third-order valence-corrected chi connectivity index (χ3v) is 2.84. The van der Waals surface area contributed by atoms with Crippen LogP contribution in [0.2, 0.25) is 0 Å². The van der Waals surface area contributed by atoms with Crippen molar-refractivity contribution in [1.29, 1.82) is 0 Å². The van der Waals surface area contributed by atoms with Gasteiger partial charge in [0.15, 0.2) is 11.3 Å². The predicted molar refractivity (Wildman–Crippen MR) is 59.3 cm³/mol. The lowest BCUT2D eigenvalue weighted by Gasteiger charge is -2.00. The van der Waals surface area contributed by atoms with Gasteiger partial charge in [-0.3, -0.25) is 0 Å². The van der Waals surface area contributed by atoms with Gasteiger partial charge < -0.3 is 9.51 Å². The van der Waals surface area contributed by atoms with Gasteiger partial charge in [-0.2, -0.15) is 0 Å². The maximum Gasteiger partial charge on any atom is 0.356 e. The molecule has 0 aliphatic rings. The van der Waals surface area contributed by atoms with Crippen LogP contribution in [0.3, 0.4) is 0 Å². The predicted octanol–water partition coefficient (Wildman–Crippen LogP) is 2.41. The summed E-state index contributed by atoms with van der Waals surface area (Å²) in [6, 6.07) is 1.91. The number of carboxylic acids is 1. The first-order valence-electron chi connectivity index (χ1n) is 4.39. The lowest BCUT2D eigenvalue weighted by Crippen LogP contribution is -1.99. The molecule has 1 N–H and O–H groups in total. The number of nitrogens with zero attached hydrogens (tertiary/aromatic N) is 2. The second kappa shape index (κ2) is 3.34. The van der Waals surface area contributed by atoms with E-state index in [1.54, 1.807) is 11.3 Å². The highest BCUT2D eigenvalue weighted by molar-refractivity contribution is 9.10. The van der Waals surface area contributed by atoms with Crippen molar-refractivity contribution in [3.05, 3.63) is 33.7 Å². The monoisotopic (exact) mass is 268 g/mol. The second-order valence-corrected chi connectivity index (χ2v) is 4.26. The first-order valence-corrected chi connectivity index (χ1v) is 5.18. The zero-order valence-electron chi connectivity index (χ0n) is 8.28. The van der Waals surface area contributed by atoms with Crippen LogP contribution in [0.1, 0.15) is 21.7 Å². The number of hydrogen-bond donors (Lipinski definition) is 1. The quantitative estimate of drug-likeness (QED) is 0.864. The first-order chi connectivity index (χ1) is 7.00. The van der Waals surface area contributed by atoms with E-state index in [-0.39, 0.29) is 5.69 Å². The third kappa shape index (κ3) is 1.52. The number of pyridine rings is 1. The standard InChI is InChI=1S/C10H9BrN2O2/c1-5-3-7(11)9-12-8(10(14)15)6(2)13(9)4-5/h3-4H,1-2H3,(H,14,15). The lowest BCUT2D eigenvalue weighted by molar-refractivity contribution is 0.0690. The van der Waals surface area contributed by atoms with E-state index in [9.17, 15) is 4.79 Å². The van der Waals surface area contributed by atoms with Gasteiger partial charge in [-0.15, -0.1) is 0 Å². The molecule has 0 amide bonds. The topological polar surface area (TPSA) is 54.6 Å². The minimum Gasteiger partial charge on any atom is -0.476 e. The molecule has 2 rings (SSSR count). The van der Waals surface area contributed by atoms with Crippen LogP contribution in [0.5, 0.6) is 0 Å². The average Bonchev–Trinajstić information content (AvgIpc) is 2.44. The molecule has 2 aromatic rings. The summed E-state index contributed by atoms with van der Waals surface area (Å²) in [4.78, 5) is 15.0. The van der Waals surface area contributed by atoms with Gasteiger partial charge in [-0.25, -0.2) is 9.78 Å². The number of hydrogen-bond acceptors (Lipinski definition) is 2. The van der Waals surface area contributed by atoms with E-state index in [0.717, 1.165) is 10.0 Å². The molecule has 2 heterocycles. The van der Waals surface area contributed by atoms with Crippen molar-refractivity contribution in [3.8, 4) is 0 Å². The fourth-order valence-corrected chi connectivity index (χ4v) is 2.19. The molecule has 0 aliphatic carbocycles. The molecule has 2 aromatic heterocycles. The molecule has 0 saturated heterocycles. The minimum atomic E-state index is -0.999. The molecule has 0 aliphatic heterocycles. The Balaban J connectivity index is 2.88. The second-order valence-electron chi connectivity index (χ2n) is 3.41. The van der Waals surface area contributed by atoms with Crippen LogP contribution >= 0.6 is 15.9 Å². The fraction of sp³-hybridized carbons (Fsp3) is 0.200. The molecular weight excluding hydrogens is 260 g/mol. The highest BCUT2D eigenvalue weighted by atomic mass is 79.9. The number of aromatic carboxylic acids is 1. The summed E-state index contributed by atoms with van der Waals surface area (Å²) in [6.07, 6.45) is 1.87. The van der Waals surface area contributed by atoms with Gasteiger partial charge in [-0.05, 0) is 41.4 Å². The van der Waals surface area contributed by atoms with Crippen molar-refractivity contribution in [2.45, 2.75) is 13.8 Å². The van der Waals surface area contributed by atoms with Gasteiger partial charge in [-0.1, -0.05) is 0 Å². The van der Waals surface area contributed by atoms with E-state index < -0.39 is 5.97 Å². The fourth-order valence-electron chi connectivity index (χ4n) is 1.55. The molecule has 0 aromatic carbocycles. The van der Waals surface area contributed by atoms with E-state index in [4.69, 9.17) is 5.11 Å². The summed E-state index contributed by atoms with van der Waals surface area (Å²) in [7, 11) is 0. The lowest BCUT2D eigenvalue weighted by atomic mass is 10.3. The number of aromatic nitrogens is 2. The Bertz CT molecular complexity index is 560. The Hall–Kier alpha value is -1.36. The van der Waals surface area contributed by atoms with Crippen molar-refractivity contribution in [3.63, 3.8) is 0 Å². The molecule has 0 radical (unpaired) electrons. The molecule has 4 nitrogen and oxygen atoms in total. The average molecular weight is 269 g/mol. The van der Waals surface area contributed by atoms with Crippen molar-refractivity contribution >= 4 is 27.5 Å². The van der Waals surface area contributed by atoms with E-state index in [1.165, 1.54) is 0 Å². The van der Waals surface area contributed by atoms with E-state index >= 15 is 0 Å². The number of fused-ring (bicyclic) bond motifs is 1. The maximum atomic E-state index is 10.9. The summed E-state index contributed by atoms with van der Waals surface area (Å²) in [5, 5.41) is 8.94. The number of halogens is 1. The molecule has 0 fully saturated rings. The summed E-state index contributed by atoms with van der Waals surface area (Å²) < 4.78 is 2.58. The van der Waals surface area contributed by atoms with E-state index in [0.29, 0.717) is 11.3 Å². The van der Waals surface area contributed by atoms with Crippen molar-refractivity contribution in [1.82, 2.24) is 9.38 Å². The smallest absolute Gasteiger partial charge is 0.356 e. The molecule has 0 saturated carbocycles. The summed E-state index contributed by atoms with van der Waals surface area (Å²) in [5.74, 6) is -0.999. The normalized spacial score (nSPS) is 10.9. The van der Waals surface area contributed by atoms with Crippen LogP contribution in [-0.4, -0.2) is 20.5 Å². The van der Waals surface area contributed by atoms with Gasteiger partial charge in [0.05, 0.1) is 10.2 Å². The molecule has 15 heavy (non-hydrogen) atoms. The van der Waals surface area contributed by atoms with Crippen LogP contribution in [0.4, 0.5) is 0 Å². The Morgan fingerprint density at radius 3 is 2.80 bits per heavy atom. The summed E-state index contributed by atoms with van der Waals surface area (Å²) in [5.41, 5.74) is 2.42. The van der Waals surface area contributed by atoms with Crippen LogP contribution in [-0.2, 0) is 0 Å². The zero-order chi connectivity index (χ0) is 11.2.